The Labute approximate surface area is 109 Å². The fourth-order valence-corrected chi connectivity index (χ4v) is 2.93. The lowest BCUT2D eigenvalue weighted by Gasteiger charge is -2.30. The van der Waals surface area contributed by atoms with Gasteiger partial charge in [-0.3, -0.25) is 0 Å². The van der Waals surface area contributed by atoms with E-state index in [9.17, 15) is 5.11 Å². The van der Waals surface area contributed by atoms with Crippen molar-refractivity contribution in [3.8, 4) is 5.75 Å². The van der Waals surface area contributed by atoms with Gasteiger partial charge in [0.2, 0.25) is 0 Å². The van der Waals surface area contributed by atoms with Crippen molar-refractivity contribution in [2.75, 3.05) is 6.61 Å². The van der Waals surface area contributed by atoms with E-state index in [-0.39, 0.29) is 16.6 Å². The maximum Gasteiger partial charge on any atom is 0.127 e. The van der Waals surface area contributed by atoms with Crippen LogP contribution in [0.4, 0.5) is 0 Å². The third kappa shape index (κ3) is 2.24. The fourth-order valence-electron chi connectivity index (χ4n) is 2.93. The second-order valence-electron chi connectivity index (χ2n) is 6.68. The van der Waals surface area contributed by atoms with Crippen LogP contribution in [0.5, 0.6) is 5.75 Å². The number of phenolic OH excluding ortho intramolecular Hbond substituents is 1. The van der Waals surface area contributed by atoms with E-state index in [1.54, 1.807) is 12.1 Å². The number of hydrogen-bond donors (Lipinski definition) is 1. The van der Waals surface area contributed by atoms with Crippen molar-refractivity contribution in [3.63, 3.8) is 0 Å². The van der Waals surface area contributed by atoms with Crippen LogP contribution in [-0.4, -0.2) is 11.7 Å². The van der Waals surface area contributed by atoms with Crippen LogP contribution in [0.15, 0.2) is 29.8 Å². The van der Waals surface area contributed by atoms with E-state index in [0.29, 0.717) is 6.61 Å². The predicted octanol–water partition coefficient (Wildman–Crippen LogP) is 4.21. The second kappa shape index (κ2) is 4.04. The van der Waals surface area contributed by atoms with E-state index in [4.69, 9.17) is 4.74 Å². The molecule has 1 aromatic carbocycles. The zero-order valence-corrected chi connectivity index (χ0v) is 11.9. The van der Waals surface area contributed by atoms with Gasteiger partial charge in [-0.1, -0.05) is 46.8 Å². The number of rotatable bonds is 1. The molecule has 0 saturated heterocycles. The Balaban J connectivity index is 2.60. The van der Waals surface area contributed by atoms with E-state index in [2.05, 4.69) is 34.6 Å². The number of phenols is 1. The monoisotopic (exact) mass is 246 g/mol. The van der Waals surface area contributed by atoms with Crippen LogP contribution in [0.25, 0.3) is 5.76 Å². The van der Waals surface area contributed by atoms with Gasteiger partial charge in [0.1, 0.15) is 11.5 Å². The predicted molar refractivity (Wildman–Crippen MR) is 74.2 cm³/mol. The molecule has 0 saturated carbocycles. The average molecular weight is 246 g/mol. The Bertz CT molecular complexity index is 490. The number of aromatic hydroxyl groups is 1. The number of hydrogen-bond acceptors (Lipinski definition) is 2. The van der Waals surface area contributed by atoms with Crippen LogP contribution in [-0.2, 0) is 4.74 Å². The average Bonchev–Trinajstić information content (AvgIpc) is 2.53. The third-order valence-corrected chi connectivity index (χ3v) is 3.34. The third-order valence-electron chi connectivity index (χ3n) is 3.34. The Hall–Kier alpha value is -1.44. The minimum atomic E-state index is 0.0407. The van der Waals surface area contributed by atoms with Crippen molar-refractivity contribution >= 4 is 5.76 Å². The largest absolute Gasteiger partial charge is 0.508 e. The maximum atomic E-state index is 9.61. The van der Waals surface area contributed by atoms with Crippen molar-refractivity contribution < 1.29 is 9.84 Å². The molecule has 1 aliphatic heterocycles. The molecule has 0 atom stereocenters. The summed E-state index contributed by atoms with van der Waals surface area (Å²) in [7, 11) is 0. The zero-order chi connectivity index (χ0) is 13.6. The first kappa shape index (κ1) is 13.0. The maximum absolute atomic E-state index is 9.61. The van der Waals surface area contributed by atoms with Gasteiger partial charge in [-0.25, -0.2) is 0 Å². The normalized spacial score (nSPS) is 18.9. The summed E-state index contributed by atoms with van der Waals surface area (Å²) in [5.74, 6) is 1.21. The topological polar surface area (TPSA) is 29.5 Å². The summed E-state index contributed by atoms with van der Waals surface area (Å²) in [6, 6.07) is 7.29. The molecule has 1 N–H and O–H groups in total. The van der Waals surface area contributed by atoms with Crippen molar-refractivity contribution in [2.45, 2.75) is 34.6 Å². The van der Waals surface area contributed by atoms with Crippen LogP contribution in [0.1, 0.15) is 40.2 Å². The number of ether oxygens (including phenoxy) is 1. The minimum absolute atomic E-state index is 0.0407. The zero-order valence-electron chi connectivity index (χ0n) is 11.9. The van der Waals surface area contributed by atoms with Crippen LogP contribution in [0, 0.1) is 10.8 Å². The van der Waals surface area contributed by atoms with Crippen molar-refractivity contribution in [1.29, 1.82) is 0 Å². The van der Waals surface area contributed by atoms with Gasteiger partial charge in [-0.2, -0.15) is 0 Å². The molecular formula is C16H22O2. The molecule has 0 unspecified atom stereocenters. The highest BCUT2D eigenvalue weighted by Crippen LogP contribution is 2.49. The van der Waals surface area contributed by atoms with E-state index in [1.807, 2.05) is 12.1 Å². The summed E-state index contributed by atoms with van der Waals surface area (Å²) in [5.41, 5.74) is 2.38. The molecule has 0 aromatic heterocycles. The van der Waals surface area contributed by atoms with Gasteiger partial charge in [0.15, 0.2) is 0 Å². The molecule has 98 valence electrons. The lowest BCUT2D eigenvalue weighted by atomic mass is 9.71. The molecule has 0 fully saturated rings. The van der Waals surface area contributed by atoms with Gasteiger partial charge in [0, 0.05) is 11.0 Å². The van der Waals surface area contributed by atoms with E-state index >= 15 is 0 Å². The SMILES string of the molecule is CC(C)(C)C1=C(c2cccc(O)c2)OCC1(C)C. The Morgan fingerprint density at radius 2 is 1.89 bits per heavy atom. The standard InChI is InChI=1S/C16H22O2/c1-15(2,3)14-13(18-10-16(14,4)5)11-7-6-8-12(17)9-11/h6-9,17H,10H2,1-5H3. The van der Waals surface area contributed by atoms with Crippen molar-refractivity contribution in [2.24, 2.45) is 10.8 Å². The van der Waals surface area contributed by atoms with Gasteiger partial charge >= 0.3 is 0 Å². The summed E-state index contributed by atoms with van der Waals surface area (Å²) >= 11 is 0. The molecule has 0 aliphatic carbocycles. The summed E-state index contributed by atoms with van der Waals surface area (Å²) in [6.07, 6.45) is 0. The molecular weight excluding hydrogens is 224 g/mol. The van der Waals surface area contributed by atoms with Gasteiger partial charge < -0.3 is 9.84 Å². The smallest absolute Gasteiger partial charge is 0.127 e. The highest BCUT2D eigenvalue weighted by molar-refractivity contribution is 5.68. The molecule has 1 aromatic rings. The Kier molecular flexibility index (Phi) is 2.92. The van der Waals surface area contributed by atoms with Crippen LogP contribution < -0.4 is 0 Å². The fraction of sp³-hybridized carbons (Fsp3) is 0.500. The molecule has 2 heteroatoms. The molecule has 2 nitrogen and oxygen atoms in total. The van der Waals surface area contributed by atoms with Gasteiger partial charge in [0.05, 0.1) is 6.61 Å². The lowest BCUT2D eigenvalue weighted by molar-refractivity contribution is 0.213. The summed E-state index contributed by atoms with van der Waals surface area (Å²) in [4.78, 5) is 0. The van der Waals surface area contributed by atoms with Gasteiger partial charge in [0.25, 0.3) is 0 Å². The first-order chi connectivity index (χ1) is 8.22. The molecule has 0 spiro atoms. The molecule has 1 aliphatic rings. The second-order valence-corrected chi connectivity index (χ2v) is 6.68. The Morgan fingerprint density at radius 1 is 1.22 bits per heavy atom. The van der Waals surface area contributed by atoms with E-state index < -0.39 is 0 Å². The molecule has 0 radical (unpaired) electrons. The molecule has 0 amide bonds. The molecule has 1 heterocycles. The minimum Gasteiger partial charge on any atom is -0.508 e. The van der Waals surface area contributed by atoms with E-state index in [0.717, 1.165) is 11.3 Å². The highest BCUT2D eigenvalue weighted by atomic mass is 16.5. The lowest BCUT2D eigenvalue weighted by Crippen LogP contribution is -2.24. The highest BCUT2D eigenvalue weighted by Gasteiger charge is 2.41. The van der Waals surface area contributed by atoms with Crippen molar-refractivity contribution in [3.05, 3.63) is 35.4 Å². The van der Waals surface area contributed by atoms with Crippen molar-refractivity contribution in [1.82, 2.24) is 0 Å². The van der Waals surface area contributed by atoms with Crippen LogP contribution in [0.3, 0.4) is 0 Å². The Morgan fingerprint density at radius 3 is 2.44 bits per heavy atom. The van der Waals surface area contributed by atoms with E-state index in [1.165, 1.54) is 5.57 Å². The first-order valence-electron chi connectivity index (χ1n) is 6.39. The van der Waals surface area contributed by atoms with Crippen LogP contribution in [0.2, 0.25) is 0 Å². The molecule has 0 bridgehead atoms. The van der Waals surface area contributed by atoms with Gasteiger partial charge in [-0.05, 0) is 23.1 Å². The summed E-state index contributed by atoms with van der Waals surface area (Å²) in [5, 5.41) is 9.61. The first-order valence-corrected chi connectivity index (χ1v) is 6.39. The molecule has 18 heavy (non-hydrogen) atoms. The number of benzene rings is 1. The summed E-state index contributed by atoms with van der Waals surface area (Å²) in [6.45, 7) is 11.8. The van der Waals surface area contributed by atoms with Gasteiger partial charge in [-0.15, -0.1) is 0 Å². The molecule has 2 rings (SSSR count). The summed E-state index contributed by atoms with van der Waals surface area (Å²) < 4.78 is 5.92. The van der Waals surface area contributed by atoms with Crippen LogP contribution >= 0.6 is 0 Å². The quantitative estimate of drug-likeness (QED) is 0.804.